The van der Waals surface area contributed by atoms with Crippen LogP contribution < -0.4 is 51.4 Å². The second-order valence-corrected chi connectivity index (χ2v) is 8.86. The molecule has 0 bridgehead atoms. The van der Waals surface area contributed by atoms with Crippen LogP contribution >= 0.6 is 0 Å². The Labute approximate surface area is 229 Å². The molecule has 7 nitrogen and oxygen atoms in total. The Bertz CT molecular complexity index is 693. The van der Waals surface area contributed by atoms with Gasteiger partial charge in [-0.3, -0.25) is 14.1 Å². The van der Waals surface area contributed by atoms with Gasteiger partial charge in [0.15, 0.2) is 5.25 Å². The van der Waals surface area contributed by atoms with Crippen molar-refractivity contribution >= 4 is 22.1 Å². The second kappa shape index (κ2) is 20.3. The number of aryl methyl sites for hydroxylation is 1. The smallest absolute Gasteiger partial charge is 0.481 e. The number of carboxylic acid groups (broad SMARTS) is 2. The van der Waals surface area contributed by atoms with Gasteiger partial charge in [-0.25, -0.2) is 0 Å². The van der Waals surface area contributed by atoms with Gasteiger partial charge in [0, 0.05) is 0 Å². The van der Waals surface area contributed by atoms with Crippen molar-refractivity contribution in [1.82, 2.24) is 0 Å². The summed E-state index contributed by atoms with van der Waals surface area (Å²) in [5, 5.41) is 13.9. The van der Waals surface area contributed by atoms with E-state index in [1.165, 1.54) is 76.2 Å². The third kappa shape index (κ3) is 20.1. The molecule has 31 heavy (non-hydrogen) atoms. The molecule has 1 aromatic rings. The molecule has 172 valence electrons. The third-order valence-electron chi connectivity index (χ3n) is 4.57. The SMILES string of the molecule is CCCCCCCCCCCCc1[c-]cccc1.O=C(O)CC(C(=O)O)S(=O)(=O)O.[K+]. The number of unbranched alkanes of at least 4 members (excludes halogenated alkanes) is 9. The van der Waals surface area contributed by atoms with Gasteiger partial charge in [0.25, 0.3) is 10.1 Å². The van der Waals surface area contributed by atoms with Gasteiger partial charge in [-0.1, -0.05) is 77.6 Å². The number of rotatable bonds is 15. The summed E-state index contributed by atoms with van der Waals surface area (Å²) < 4.78 is 28.7. The Kier molecular flexibility index (Phi) is 21.6. The fraction of sp³-hybridized carbons (Fsp3) is 0.636. The summed E-state index contributed by atoms with van der Waals surface area (Å²) in [4.78, 5) is 20.0. The first-order chi connectivity index (χ1) is 14.2. The summed E-state index contributed by atoms with van der Waals surface area (Å²) in [7, 11) is -4.84. The molecule has 3 N–H and O–H groups in total. The van der Waals surface area contributed by atoms with Crippen molar-refractivity contribution in [2.24, 2.45) is 0 Å². The van der Waals surface area contributed by atoms with E-state index in [-0.39, 0.29) is 51.4 Å². The number of aliphatic carboxylic acids is 2. The predicted octanol–water partition coefficient (Wildman–Crippen LogP) is 1.76. The first-order valence-corrected chi connectivity index (χ1v) is 12.0. The van der Waals surface area contributed by atoms with Crippen LogP contribution in [-0.4, -0.2) is 40.4 Å². The molecule has 0 spiro atoms. The summed E-state index contributed by atoms with van der Waals surface area (Å²) in [6, 6.07) is 11.7. The van der Waals surface area contributed by atoms with Gasteiger partial charge in [0.05, 0.1) is 6.42 Å². The normalized spacial score (nSPS) is 11.5. The molecule has 0 aromatic heterocycles. The maximum Gasteiger partial charge on any atom is 1.00 e. The zero-order valence-electron chi connectivity index (χ0n) is 18.8. The topological polar surface area (TPSA) is 129 Å². The summed E-state index contributed by atoms with van der Waals surface area (Å²) in [6.45, 7) is 2.28. The van der Waals surface area contributed by atoms with E-state index in [9.17, 15) is 18.0 Å². The maximum atomic E-state index is 10.2. The van der Waals surface area contributed by atoms with Gasteiger partial charge in [-0.05, 0) is 0 Å². The van der Waals surface area contributed by atoms with Crippen molar-refractivity contribution in [3.63, 3.8) is 0 Å². The molecule has 0 saturated carbocycles. The Morgan fingerprint density at radius 3 is 1.81 bits per heavy atom. The van der Waals surface area contributed by atoms with Gasteiger partial charge in [-0.2, -0.15) is 44.3 Å². The van der Waals surface area contributed by atoms with Gasteiger partial charge < -0.3 is 10.2 Å². The molecule has 0 fully saturated rings. The van der Waals surface area contributed by atoms with E-state index in [0.717, 1.165) is 0 Å². The second-order valence-electron chi connectivity index (χ2n) is 7.26. The summed E-state index contributed by atoms with van der Waals surface area (Å²) in [5.74, 6) is -3.50. The van der Waals surface area contributed by atoms with E-state index in [4.69, 9.17) is 14.8 Å². The van der Waals surface area contributed by atoms with Crippen LogP contribution in [0.3, 0.4) is 0 Å². The predicted molar refractivity (Wildman–Crippen MR) is 116 cm³/mol. The quantitative estimate of drug-likeness (QED) is 0.150. The minimum absolute atomic E-state index is 0. The van der Waals surface area contributed by atoms with Crippen LogP contribution in [0.2, 0.25) is 0 Å². The largest absolute Gasteiger partial charge is 1.00 e. The molecule has 0 aliphatic carbocycles. The molecule has 0 aliphatic heterocycles. The standard InChI is InChI=1S/C18H29.C4H6O7S.K/c1-2-3-4-5-6-7-8-9-10-12-15-18-16-13-11-14-17-18;5-3(6)1-2(4(7)8)12(9,10)11;/h11,13-14,16H,2-10,12,15H2,1H3;2H,1H2,(H,5,6)(H,7,8)(H,9,10,11);/q-1;;+1. The Morgan fingerprint density at radius 1 is 0.935 bits per heavy atom. The monoisotopic (exact) mass is 482 g/mol. The molecule has 9 heteroatoms. The summed E-state index contributed by atoms with van der Waals surface area (Å²) >= 11 is 0. The van der Waals surface area contributed by atoms with Gasteiger partial charge in [0.1, 0.15) is 0 Å². The first-order valence-electron chi connectivity index (χ1n) is 10.5. The van der Waals surface area contributed by atoms with Crippen molar-refractivity contribution in [2.75, 3.05) is 0 Å². The third-order valence-corrected chi connectivity index (χ3v) is 5.66. The Balaban J connectivity index is 0. The van der Waals surface area contributed by atoms with Crippen LogP contribution in [0.4, 0.5) is 0 Å². The molecule has 1 aromatic carbocycles. The van der Waals surface area contributed by atoms with Crippen LogP contribution in [0.1, 0.15) is 83.1 Å². The van der Waals surface area contributed by atoms with E-state index in [1.807, 2.05) is 12.1 Å². The molecule has 0 amide bonds. The number of hydrogen-bond donors (Lipinski definition) is 3. The number of benzene rings is 1. The van der Waals surface area contributed by atoms with Crippen molar-refractivity contribution in [2.45, 2.75) is 89.2 Å². The van der Waals surface area contributed by atoms with E-state index in [0.29, 0.717) is 0 Å². The van der Waals surface area contributed by atoms with Crippen molar-refractivity contribution in [3.05, 3.63) is 35.9 Å². The van der Waals surface area contributed by atoms with Gasteiger partial charge >= 0.3 is 63.3 Å². The van der Waals surface area contributed by atoms with Crippen LogP contribution in [-0.2, 0) is 26.1 Å². The van der Waals surface area contributed by atoms with E-state index in [2.05, 4.69) is 25.1 Å². The van der Waals surface area contributed by atoms with E-state index < -0.39 is 33.7 Å². The molecule has 0 radical (unpaired) electrons. The molecule has 1 unspecified atom stereocenters. The average Bonchev–Trinajstić information content (AvgIpc) is 2.68. The van der Waals surface area contributed by atoms with Crippen LogP contribution in [0.15, 0.2) is 24.3 Å². The first kappa shape index (κ1) is 32.9. The Hall–Kier alpha value is -0.294. The summed E-state index contributed by atoms with van der Waals surface area (Å²) in [6.07, 6.45) is 14.2. The molecular weight excluding hydrogens is 447 g/mol. The zero-order valence-corrected chi connectivity index (χ0v) is 22.7. The number of hydrogen-bond acceptors (Lipinski definition) is 4. The van der Waals surface area contributed by atoms with Crippen molar-refractivity contribution < 1.29 is 84.2 Å². The van der Waals surface area contributed by atoms with Crippen LogP contribution in [0, 0.1) is 6.07 Å². The van der Waals surface area contributed by atoms with Gasteiger partial charge in [-0.15, -0.1) is 0 Å². The minimum Gasteiger partial charge on any atom is -0.481 e. The van der Waals surface area contributed by atoms with Crippen LogP contribution in [0.5, 0.6) is 0 Å². The maximum absolute atomic E-state index is 10.2. The molecule has 0 saturated heterocycles. The molecule has 0 heterocycles. The Morgan fingerprint density at radius 2 is 1.45 bits per heavy atom. The average molecular weight is 483 g/mol. The van der Waals surface area contributed by atoms with E-state index >= 15 is 0 Å². The fourth-order valence-corrected chi connectivity index (χ4v) is 3.48. The molecule has 0 aliphatic rings. The zero-order chi connectivity index (χ0) is 22.8. The summed E-state index contributed by atoms with van der Waals surface area (Å²) in [5.41, 5.74) is 1.37. The minimum atomic E-state index is -4.84. The number of carboxylic acids is 2. The fourth-order valence-electron chi connectivity index (χ4n) is 2.87. The molecule has 1 rings (SSSR count). The van der Waals surface area contributed by atoms with Crippen molar-refractivity contribution in [1.29, 1.82) is 0 Å². The number of carbonyl (C=O) groups is 2. The van der Waals surface area contributed by atoms with E-state index in [1.54, 1.807) is 0 Å². The van der Waals surface area contributed by atoms with Crippen molar-refractivity contribution in [3.8, 4) is 0 Å². The molecule has 1 atom stereocenters. The van der Waals surface area contributed by atoms with Gasteiger partial charge in [0.2, 0.25) is 0 Å². The molecular formula is C22H35KO7S. The van der Waals surface area contributed by atoms with Crippen LogP contribution in [0.25, 0.3) is 0 Å².